The van der Waals surface area contributed by atoms with Crippen LogP contribution in [0.3, 0.4) is 0 Å². The molecular weight excluding hydrogens is 324 g/mol. The van der Waals surface area contributed by atoms with E-state index in [0.717, 1.165) is 16.0 Å². The molecular formula is C18H18N2O3S. The van der Waals surface area contributed by atoms with Crippen molar-refractivity contribution in [2.45, 2.75) is 33.2 Å². The highest BCUT2D eigenvalue weighted by Crippen LogP contribution is 2.31. The second kappa shape index (κ2) is 6.57. The standard InChI is InChI=1S/C18H18N2O3S/c1-11-5-7-13(8-6-11)14-10-24-17-16(14)18(23)20(12(2)19-17)9-3-4-15(21)22/h5-8,10H,3-4,9H2,1-2H3,(H,21,22). The van der Waals surface area contributed by atoms with Crippen LogP contribution in [-0.2, 0) is 11.3 Å². The summed E-state index contributed by atoms with van der Waals surface area (Å²) in [6.07, 6.45) is 0.450. The molecule has 5 nitrogen and oxygen atoms in total. The number of aliphatic carboxylic acids is 1. The van der Waals surface area contributed by atoms with Crippen LogP contribution >= 0.6 is 11.3 Å². The van der Waals surface area contributed by atoms with Crippen molar-refractivity contribution in [1.29, 1.82) is 0 Å². The molecule has 0 saturated heterocycles. The molecule has 6 heteroatoms. The van der Waals surface area contributed by atoms with Crippen molar-refractivity contribution in [2.24, 2.45) is 0 Å². The molecule has 124 valence electrons. The summed E-state index contributed by atoms with van der Waals surface area (Å²) in [7, 11) is 0. The van der Waals surface area contributed by atoms with Crippen molar-refractivity contribution in [2.75, 3.05) is 0 Å². The molecule has 0 amide bonds. The molecule has 2 heterocycles. The second-order valence-corrected chi connectivity index (χ2v) is 6.67. The van der Waals surface area contributed by atoms with Crippen LogP contribution in [0, 0.1) is 13.8 Å². The van der Waals surface area contributed by atoms with E-state index < -0.39 is 5.97 Å². The number of carboxylic acids is 1. The van der Waals surface area contributed by atoms with Gasteiger partial charge in [0.1, 0.15) is 10.7 Å². The van der Waals surface area contributed by atoms with Crippen LogP contribution in [0.15, 0.2) is 34.4 Å². The summed E-state index contributed by atoms with van der Waals surface area (Å²) in [5.41, 5.74) is 2.95. The molecule has 0 aliphatic rings. The van der Waals surface area contributed by atoms with Gasteiger partial charge in [-0.25, -0.2) is 4.98 Å². The van der Waals surface area contributed by atoms with Crippen molar-refractivity contribution >= 4 is 27.5 Å². The van der Waals surface area contributed by atoms with E-state index in [0.29, 0.717) is 24.2 Å². The predicted molar refractivity (Wildman–Crippen MR) is 95.7 cm³/mol. The summed E-state index contributed by atoms with van der Waals surface area (Å²) >= 11 is 1.46. The monoisotopic (exact) mass is 342 g/mol. The van der Waals surface area contributed by atoms with Gasteiger partial charge in [-0.1, -0.05) is 29.8 Å². The fourth-order valence-corrected chi connectivity index (χ4v) is 3.71. The third-order valence-electron chi connectivity index (χ3n) is 4.02. The van der Waals surface area contributed by atoms with Gasteiger partial charge in [0, 0.05) is 23.9 Å². The third-order valence-corrected chi connectivity index (χ3v) is 4.89. The largest absolute Gasteiger partial charge is 0.481 e. The molecule has 3 aromatic rings. The summed E-state index contributed by atoms with van der Waals surface area (Å²) in [6.45, 7) is 4.17. The van der Waals surface area contributed by atoms with Crippen LogP contribution in [-0.4, -0.2) is 20.6 Å². The molecule has 0 bridgehead atoms. The van der Waals surface area contributed by atoms with E-state index >= 15 is 0 Å². The maximum atomic E-state index is 12.9. The zero-order chi connectivity index (χ0) is 17.3. The first-order chi connectivity index (χ1) is 11.5. The molecule has 2 aromatic heterocycles. The highest BCUT2D eigenvalue weighted by Gasteiger charge is 2.15. The van der Waals surface area contributed by atoms with Gasteiger partial charge in [0.2, 0.25) is 0 Å². The Bertz CT molecular complexity index is 955. The van der Waals surface area contributed by atoms with E-state index in [1.807, 2.05) is 36.6 Å². The molecule has 0 unspecified atom stereocenters. The molecule has 0 atom stereocenters. The van der Waals surface area contributed by atoms with Gasteiger partial charge in [0.15, 0.2) is 0 Å². The number of carboxylic acid groups (broad SMARTS) is 1. The Kier molecular flexibility index (Phi) is 4.49. The van der Waals surface area contributed by atoms with Crippen molar-refractivity contribution in [3.8, 4) is 11.1 Å². The first-order valence-corrected chi connectivity index (χ1v) is 8.63. The summed E-state index contributed by atoms with van der Waals surface area (Å²) in [6, 6.07) is 8.05. The van der Waals surface area contributed by atoms with Gasteiger partial charge in [-0.05, 0) is 25.8 Å². The summed E-state index contributed by atoms with van der Waals surface area (Å²) < 4.78 is 1.58. The molecule has 0 saturated carbocycles. The van der Waals surface area contributed by atoms with Crippen LogP contribution in [0.2, 0.25) is 0 Å². The zero-order valence-electron chi connectivity index (χ0n) is 13.6. The van der Waals surface area contributed by atoms with Gasteiger partial charge in [-0.15, -0.1) is 11.3 Å². The minimum atomic E-state index is -0.856. The highest BCUT2D eigenvalue weighted by molar-refractivity contribution is 7.17. The Balaban J connectivity index is 2.08. The zero-order valence-corrected chi connectivity index (χ0v) is 14.4. The lowest BCUT2D eigenvalue weighted by Crippen LogP contribution is -2.24. The number of rotatable bonds is 5. The second-order valence-electron chi connectivity index (χ2n) is 5.81. The van der Waals surface area contributed by atoms with Gasteiger partial charge in [0.05, 0.1) is 5.39 Å². The molecule has 0 spiro atoms. The number of aryl methyl sites for hydroxylation is 2. The molecule has 0 aliphatic heterocycles. The number of thiophene rings is 1. The first-order valence-electron chi connectivity index (χ1n) is 7.75. The average Bonchev–Trinajstić information content (AvgIpc) is 2.95. The van der Waals surface area contributed by atoms with Crippen LogP contribution in [0.5, 0.6) is 0 Å². The third kappa shape index (κ3) is 3.10. The van der Waals surface area contributed by atoms with Gasteiger partial charge in [-0.2, -0.15) is 0 Å². The van der Waals surface area contributed by atoms with Gasteiger partial charge in [0.25, 0.3) is 5.56 Å². The lowest BCUT2D eigenvalue weighted by atomic mass is 10.0. The molecule has 1 N–H and O–H groups in total. The van der Waals surface area contributed by atoms with Crippen molar-refractivity contribution in [3.05, 3.63) is 51.4 Å². The Hall–Kier alpha value is -2.47. The van der Waals surface area contributed by atoms with E-state index in [1.54, 1.807) is 11.5 Å². The van der Waals surface area contributed by atoms with E-state index in [4.69, 9.17) is 5.11 Å². The normalized spacial score (nSPS) is 11.1. The lowest BCUT2D eigenvalue weighted by Gasteiger charge is -2.09. The number of benzene rings is 1. The van der Waals surface area contributed by atoms with Crippen molar-refractivity contribution < 1.29 is 9.90 Å². The lowest BCUT2D eigenvalue weighted by molar-refractivity contribution is -0.137. The molecule has 0 fully saturated rings. The van der Waals surface area contributed by atoms with E-state index in [-0.39, 0.29) is 12.0 Å². The van der Waals surface area contributed by atoms with Crippen molar-refractivity contribution in [3.63, 3.8) is 0 Å². The first kappa shape index (κ1) is 16.4. The fraction of sp³-hybridized carbons (Fsp3) is 0.278. The van der Waals surface area contributed by atoms with E-state index in [1.165, 1.54) is 16.9 Å². The minimum Gasteiger partial charge on any atom is -0.481 e. The van der Waals surface area contributed by atoms with Crippen LogP contribution in [0.4, 0.5) is 0 Å². The van der Waals surface area contributed by atoms with Crippen LogP contribution in [0.25, 0.3) is 21.3 Å². The molecule has 0 aliphatic carbocycles. The highest BCUT2D eigenvalue weighted by atomic mass is 32.1. The number of carbonyl (C=O) groups is 1. The minimum absolute atomic E-state index is 0.0401. The number of fused-ring (bicyclic) bond motifs is 1. The van der Waals surface area contributed by atoms with E-state index in [9.17, 15) is 9.59 Å². The maximum Gasteiger partial charge on any atom is 0.303 e. The van der Waals surface area contributed by atoms with Crippen LogP contribution in [0.1, 0.15) is 24.2 Å². The molecule has 1 aromatic carbocycles. The maximum absolute atomic E-state index is 12.9. The SMILES string of the molecule is Cc1ccc(-c2csc3nc(C)n(CCCC(=O)O)c(=O)c23)cc1. The topological polar surface area (TPSA) is 72.2 Å². The number of hydrogen-bond donors (Lipinski definition) is 1. The Labute approximate surface area is 143 Å². The Morgan fingerprint density at radius 3 is 2.62 bits per heavy atom. The number of nitrogens with zero attached hydrogens (tertiary/aromatic N) is 2. The van der Waals surface area contributed by atoms with Crippen LogP contribution < -0.4 is 5.56 Å². The van der Waals surface area contributed by atoms with Crippen molar-refractivity contribution in [1.82, 2.24) is 9.55 Å². The van der Waals surface area contributed by atoms with Gasteiger partial charge in [-0.3, -0.25) is 14.2 Å². The van der Waals surface area contributed by atoms with Gasteiger partial charge >= 0.3 is 5.97 Å². The Morgan fingerprint density at radius 1 is 1.25 bits per heavy atom. The Morgan fingerprint density at radius 2 is 1.96 bits per heavy atom. The quantitative estimate of drug-likeness (QED) is 0.769. The fourth-order valence-electron chi connectivity index (χ4n) is 2.72. The summed E-state index contributed by atoms with van der Waals surface area (Å²) in [5.74, 6) is -0.235. The summed E-state index contributed by atoms with van der Waals surface area (Å²) in [5, 5.41) is 11.4. The molecule has 3 rings (SSSR count). The number of hydrogen-bond acceptors (Lipinski definition) is 4. The smallest absolute Gasteiger partial charge is 0.303 e. The predicted octanol–water partition coefficient (Wildman–Crippen LogP) is 3.61. The number of aromatic nitrogens is 2. The summed E-state index contributed by atoms with van der Waals surface area (Å²) in [4.78, 5) is 28.9. The average molecular weight is 342 g/mol. The molecule has 24 heavy (non-hydrogen) atoms. The van der Waals surface area contributed by atoms with E-state index in [2.05, 4.69) is 4.98 Å². The van der Waals surface area contributed by atoms with Gasteiger partial charge < -0.3 is 5.11 Å². The molecule has 0 radical (unpaired) electrons.